The van der Waals surface area contributed by atoms with Gasteiger partial charge in [-0.3, -0.25) is 4.79 Å². The van der Waals surface area contributed by atoms with E-state index < -0.39 is 0 Å². The Morgan fingerprint density at radius 2 is 2.08 bits per heavy atom. The number of carbonyl (C=O) groups excluding carboxylic acids is 1. The molecule has 1 amide bonds. The van der Waals surface area contributed by atoms with Gasteiger partial charge in [0, 0.05) is 22.5 Å². The second-order valence-corrected chi connectivity index (χ2v) is 7.34. The van der Waals surface area contributed by atoms with Crippen LogP contribution in [0.1, 0.15) is 43.1 Å². The summed E-state index contributed by atoms with van der Waals surface area (Å²) in [5.41, 5.74) is 1.49. The second kappa shape index (κ2) is 8.04. The number of unbranched alkanes of at least 4 members (excludes halogenated alkanes) is 1. The molecule has 24 heavy (non-hydrogen) atoms. The first-order chi connectivity index (χ1) is 11.6. The molecule has 130 valence electrons. The quantitative estimate of drug-likeness (QED) is 0.774. The lowest BCUT2D eigenvalue weighted by Crippen LogP contribution is -2.34. The summed E-state index contributed by atoms with van der Waals surface area (Å²) in [6.45, 7) is 6.66. The number of fused-ring (bicyclic) bond motifs is 1. The van der Waals surface area contributed by atoms with Crippen LogP contribution in [0.15, 0.2) is 24.3 Å². The number of H-pyrrole nitrogens is 1. The maximum atomic E-state index is 12.2. The molecule has 0 radical (unpaired) electrons. The molecule has 3 rings (SSSR count). The van der Waals surface area contributed by atoms with Crippen molar-refractivity contribution in [3.05, 3.63) is 35.0 Å². The van der Waals surface area contributed by atoms with E-state index in [1.807, 2.05) is 24.3 Å². The largest absolute Gasteiger partial charge is 0.351 e. The van der Waals surface area contributed by atoms with E-state index in [2.05, 4.69) is 22.1 Å². The highest BCUT2D eigenvalue weighted by molar-refractivity contribution is 6.31. The minimum absolute atomic E-state index is 0.0471. The van der Waals surface area contributed by atoms with Crippen molar-refractivity contribution in [2.75, 3.05) is 26.2 Å². The normalized spacial score (nSPS) is 16.6. The minimum atomic E-state index is -0.0471. The lowest BCUT2D eigenvalue weighted by Gasteiger charge is -2.30. The van der Waals surface area contributed by atoms with E-state index in [1.54, 1.807) is 0 Å². The molecule has 0 aliphatic carbocycles. The molecular formula is C19H26ClN3O. The first kappa shape index (κ1) is 17.3. The highest BCUT2D eigenvalue weighted by Crippen LogP contribution is 2.20. The topological polar surface area (TPSA) is 48.1 Å². The Hall–Kier alpha value is -1.52. The number of benzene rings is 1. The van der Waals surface area contributed by atoms with Crippen LogP contribution in [0.4, 0.5) is 0 Å². The molecule has 0 spiro atoms. The molecule has 4 nitrogen and oxygen atoms in total. The van der Waals surface area contributed by atoms with Gasteiger partial charge >= 0.3 is 0 Å². The second-order valence-electron chi connectivity index (χ2n) is 6.90. The van der Waals surface area contributed by atoms with Gasteiger partial charge < -0.3 is 15.2 Å². The maximum Gasteiger partial charge on any atom is 0.267 e. The molecule has 1 aromatic heterocycles. The van der Waals surface area contributed by atoms with Gasteiger partial charge in [0.2, 0.25) is 0 Å². The standard InChI is InChI=1S/C19H26ClN3O/c1-14-6-10-23(11-7-14)9-3-2-8-21-19(24)18-12-15-4-5-16(20)13-17(15)22-18/h4-5,12-14,22H,2-3,6-11H2,1H3,(H,21,24). The number of aromatic nitrogens is 1. The van der Waals surface area contributed by atoms with E-state index in [0.29, 0.717) is 10.7 Å². The zero-order chi connectivity index (χ0) is 16.9. The molecule has 1 fully saturated rings. The van der Waals surface area contributed by atoms with Crippen molar-refractivity contribution in [2.45, 2.75) is 32.6 Å². The molecule has 2 heterocycles. The average Bonchev–Trinajstić information content (AvgIpc) is 2.99. The van der Waals surface area contributed by atoms with Crippen LogP contribution in [0, 0.1) is 5.92 Å². The molecule has 5 heteroatoms. The molecule has 0 unspecified atom stereocenters. The van der Waals surface area contributed by atoms with Gasteiger partial charge in [-0.2, -0.15) is 0 Å². The van der Waals surface area contributed by atoms with Crippen molar-refractivity contribution in [2.24, 2.45) is 5.92 Å². The van der Waals surface area contributed by atoms with Gasteiger partial charge in [0.1, 0.15) is 5.69 Å². The SMILES string of the molecule is CC1CCN(CCCCNC(=O)c2cc3ccc(Cl)cc3[nH]2)CC1. The third kappa shape index (κ3) is 4.52. The Morgan fingerprint density at radius 3 is 2.88 bits per heavy atom. The van der Waals surface area contributed by atoms with Crippen LogP contribution in [0.5, 0.6) is 0 Å². The summed E-state index contributed by atoms with van der Waals surface area (Å²) in [5.74, 6) is 0.834. The summed E-state index contributed by atoms with van der Waals surface area (Å²) in [6.07, 6.45) is 4.79. The van der Waals surface area contributed by atoms with Crippen LogP contribution >= 0.6 is 11.6 Å². The number of hydrogen-bond donors (Lipinski definition) is 2. The summed E-state index contributed by atoms with van der Waals surface area (Å²) in [4.78, 5) is 17.9. The van der Waals surface area contributed by atoms with Crippen molar-refractivity contribution in [3.8, 4) is 0 Å². The fraction of sp³-hybridized carbons (Fsp3) is 0.526. The Labute approximate surface area is 148 Å². The van der Waals surface area contributed by atoms with Crippen molar-refractivity contribution < 1.29 is 4.79 Å². The van der Waals surface area contributed by atoms with Gasteiger partial charge in [-0.25, -0.2) is 0 Å². The fourth-order valence-electron chi connectivity index (χ4n) is 3.26. The van der Waals surface area contributed by atoms with E-state index in [9.17, 15) is 4.79 Å². The number of nitrogens with zero attached hydrogens (tertiary/aromatic N) is 1. The monoisotopic (exact) mass is 347 g/mol. The van der Waals surface area contributed by atoms with E-state index in [1.165, 1.54) is 25.9 Å². The number of hydrogen-bond acceptors (Lipinski definition) is 2. The Morgan fingerprint density at radius 1 is 1.29 bits per heavy atom. The zero-order valence-electron chi connectivity index (χ0n) is 14.3. The van der Waals surface area contributed by atoms with E-state index in [4.69, 9.17) is 11.6 Å². The van der Waals surface area contributed by atoms with E-state index in [-0.39, 0.29) is 5.91 Å². The number of halogens is 1. The molecule has 1 aromatic carbocycles. The minimum Gasteiger partial charge on any atom is -0.351 e. The summed E-state index contributed by atoms with van der Waals surface area (Å²) in [5, 5.41) is 4.67. The average molecular weight is 348 g/mol. The fourth-order valence-corrected chi connectivity index (χ4v) is 3.44. The lowest BCUT2D eigenvalue weighted by molar-refractivity contribution is 0.0948. The van der Waals surface area contributed by atoms with Crippen LogP contribution in [-0.4, -0.2) is 42.0 Å². The molecule has 2 N–H and O–H groups in total. The number of nitrogens with one attached hydrogen (secondary N) is 2. The number of likely N-dealkylation sites (tertiary alicyclic amines) is 1. The highest BCUT2D eigenvalue weighted by Gasteiger charge is 2.15. The molecule has 1 aliphatic rings. The Balaban J connectivity index is 1.39. The number of carbonyl (C=O) groups is 1. The smallest absolute Gasteiger partial charge is 0.267 e. The highest BCUT2D eigenvalue weighted by atomic mass is 35.5. The maximum absolute atomic E-state index is 12.2. The summed E-state index contributed by atoms with van der Waals surface area (Å²) >= 11 is 5.97. The predicted octanol–water partition coefficient (Wildman–Crippen LogP) is 4.06. The first-order valence-corrected chi connectivity index (χ1v) is 9.28. The van der Waals surface area contributed by atoms with Crippen LogP contribution in [0.3, 0.4) is 0 Å². The Kier molecular flexibility index (Phi) is 5.80. The van der Waals surface area contributed by atoms with Crippen LogP contribution in [-0.2, 0) is 0 Å². The van der Waals surface area contributed by atoms with E-state index >= 15 is 0 Å². The molecular weight excluding hydrogens is 322 g/mol. The Bertz CT molecular complexity index is 689. The van der Waals surface area contributed by atoms with Crippen LogP contribution in [0.25, 0.3) is 10.9 Å². The van der Waals surface area contributed by atoms with Gasteiger partial charge in [0.15, 0.2) is 0 Å². The van der Waals surface area contributed by atoms with Crippen molar-refractivity contribution in [3.63, 3.8) is 0 Å². The summed E-state index contributed by atoms with van der Waals surface area (Å²) < 4.78 is 0. The molecule has 0 saturated carbocycles. The third-order valence-corrected chi connectivity index (χ3v) is 5.13. The number of amides is 1. The lowest BCUT2D eigenvalue weighted by atomic mass is 9.99. The van der Waals surface area contributed by atoms with E-state index in [0.717, 1.165) is 42.8 Å². The first-order valence-electron chi connectivity index (χ1n) is 8.90. The van der Waals surface area contributed by atoms with Crippen molar-refractivity contribution in [1.29, 1.82) is 0 Å². The molecule has 0 bridgehead atoms. The van der Waals surface area contributed by atoms with Gasteiger partial charge in [0.05, 0.1) is 0 Å². The third-order valence-electron chi connectivity index (χ3n) is 4.89. The molecule has 2 aromatic rings. The molecule has 1 aliphatic heterocycles. The zero-order valence-corrected chi connectivity index (χ0v) is 15.0. The molecule has 0 atom stereocenters. The number of piperidine rings is 1. The van der Waals surface area contributed by atoms with Crippen LogP contribution < -0.4 is 5.32 Å². The van der Waals surface area contributed by atoms with Crippen molar-refractivity contribution >= 4 is 28.4 Å². The summed E-state index contributed by atoms with van der Waals surface area (Å²) in [6, 6.07) is 7.47. The van der Waals surface area contributed by atoms with Gasteiger partial charge in [0.25, 0.3) is 5.91 Å². The van der Waals surface area contributed by atoms with Crippen molar-refractivity contribution in [1.82, 2.24) is 15.2 Å². The molecule has 1 saturated heterocycles. The van der Waals surface area contributed by atoms with Crippen LogP contribution in [0.2, 0.25) is 5.02 Å². The predicted molar refractivity (Wildman–Crippen MR) is 99.7 cm³/mol. The number of aromatic amines is 1. The van der Waals surface area contributed by atoms with Gasteiger partial charge in [-0.1, -0.05) is 24.6 Å². The van der Waals surface area contributed by atoms with Gasteiger partial charge in [-0.05, 0) is 69.4 Å². The number of rotatable bonds is 6. The van der Waals surface area contributed by atoms with Gasteiger partial charge in [-0.15, -0.1) is 0 Å². The summed E-state index contributed by atoms with van der Waals surface area (Å²) in [7, 11) is 0.